The Balaban J connectivity index is 1.51. The molecule has 26 heavy (non-hydrogen) atoms. The summed E-state index contributed by atoms with van der Waals surface area (Å²) in [5.41, 5.74) is 1.64. The number of para-hydroxylation sites is 1. The highest BCUT2D eigenvalue weighted by Gasteiger charge is 2.14. The first kappa shape index (κ1) is 18.6. The van der Waals surface area contributed by atoms with Crippen LogP contribution < -0.4 is 10.6 Å². The number of anilines is 1. The van der Waals surface area contributed by atoms with E-state index in [1.165, 1.54) is 43.7 Å². The number of thiophene rings is 1. The molecule has 0 bridgehead atoms. The number of hydrogen-bond donors (Lipinski definition) is 2. The Morgan fingerprint density at radius 3 is 2.62 bits per heavy atom. The van der Waals surface area contributed by atoms with Crippen molar-refractivity contribution in [2.75, 3.05) is 31.5 Å². The van der Waals surface area contributed by atoms with Gasteiger partial charge < -0.3 is 15.5 Å². The molecule has 0 saturated carbocycles. The summed E-state index contributed by atoms with van der Waals surface area (Å²) < 4.78 is 0. The molecule has 1 saturated heterocycles. The summed E-state index contributed by atoms with van der Waals surface area (Å²) >= 11 is 1.47. The van der Waals surface area contributed by atoms with Crippen LogP contribution in [0.4, 0.5) is 5.69 Å². The van der Waals surface area contributed by atoms with Gasteiger partial charge in [-0.05, 0) is 62.5 Å². The molecule has 2 N–H and O–H groups in total. The summed E-state index contributed by atoms with van der Waals surface area (Å²) in [5, 5.41) is 9.45. The number of hydrogen-bond acceptors (Lipinski definition) is 4. The summed E-state index contributed by atoms with van der Waals surface area (Å²) in [6.45, 7) is 4.01. The minimum atomic E-state index is -0.198. The maximum atomic E-state index is 12.5. The van der Waals surface area contributed by atoms with Gasteiger partial charge in [0.1, 0.15) is 0 Å². The standard InChI is InChI=1S/C20H25N3O2S/c24-19(16-9-14-26-15-16)22-18-8-3-2-7-17(18)20(25)21-10-6-13-23-11-4-1-5-12-23/h2-3,7-9,14-15H,1,4-6,10-13H2,(H,21,25)(H,22,24). The highest BCUT2D eigenvalue weighted by atomic mass is 32.1. The third-order valence-electron chi connectivity index (χ3n) is 4.59. The second-order valence-electron chi connectivity index (χ2n) is 6.52. The second kappa shape index (κ2) is 9.50. The Kier molecular flexibility index (Phi) is 6.80. The van der Waals surface area contributed by atoms with Crippen LogP contribution in [0.25, 0.3) is 0 Å². The number of rotatable bonds is 7. The van der Waals surface area contributed by atoms with E-state index in [4.69, 9.17) is 0 Å². The van der Waals surface area contributed by atoms with Crippen LogP contribution >= 0.6 is 11.3 Å². The molecular formula is C20H25N3O2S. The maximum Gasteiger partial charge on any atom is 0.256 e. The van der Waals surface area contributed by atoms with Crippen molar-refractivity contribution in [1.29, 1.82) is 0 Å². The number of amides is 2. The van der Waals surface area contributed by atoms with E-state index in [0.29, 0.717) is 23.4 Å². The van der Waals surface area contributed by atoms with Gasteiger partial charge in [-0.15, -0.1) is 0 Å². The zero-order valence-corrected chi connectivity index (χ0v) is 15.7. The van der Waals surface area contributed by atoms with Crippen LogP contribution in [0.1, 0.15) is 46.4 Å². The summed E-state index contributed by atoms with van der Waals surface area (Å²) in [4.78, 5) is 27.2. The summed E-state index contributed by atoms with van der Waals surface area (Å²) in [6.07, 6.45) is 4.84. The van der Waals surface area contributed by atoms with Gasteiger partial charge >= 0.3 is 0 Å². The zero-order chi connectivity index (χ0) is 18.2. The predicted molar refractivity (Wildman–Crippen MR) is 106 cm³/mol. The number of benzene rings is 1. The predicted octanol–water partition coefficient (Wildman–Crippen LogP) is 3.61. The average molecular weight is 372 g/mol. The number of carbonyl (C=O) groups is 2. The van der Waals surface area contributed by atoms with Gasteiger partial charge in [0.05, 0.1) is 16.8 Å². The lowest BCUT2D eigenvalue weighted by atomic mass is 10.1. The molecule has 2 heterocycles. The highest BCUT2D eigenvalue weighted by Crippen LogP contribution is 2.17. The van der Waals surface area contributed by atoms with E-state index in [9.17, 15) is 9.59 Å². The Bertz CT molecular complexity index is 724. The number of nitrogens with zero attached hydrogens (tertiary/aromatic N) is 1. The molecule has 1 aliphatic rings. The topological polar surface area (TPSA) is 61.4 Å². The number of nitrogens with one attached hydrogen (secondary N) is 2. The molecule has 6 heteroatoms. The molecule has 2 amide bonds. The van der Waals surface area contributed by atoms with Crippen molar-refractivity contribution in [2.45, 2.75) is 25.7 Å². The highest BCUT2D eigenvalue weighted by molar-refractivity contribution is 7.08. The van der Waals surface area contributed by atoms with Gasteiger partial charge in [0.15, 0.2) is 0 Å². The van der Waals surface area contributed by atoms with E-state index in [2.05, 4.69) is 15.5 Å². The largest absolute Gasteiger partial charge is 0.352 e. The van der Waals surface area contributed by atoms with Crippen LogP contribution in [0.5, 0.6) is 0 Å². The average Bonchev–Trinajstić information content (AvgIpc) is 3.21. The first-order valence-electron chi connectivity index (χ1n) is 9.17. The van der Waals surface area contributed by atoms with E-state index in [1.807, 2.05) is 17.5 Å². The minimum absolute atomic E-state index is 0.148. The molecule has 1 aromatic carbocycles. The van der Waals surface area contributed by atoms with Crippen molar-refractivity contribution in [3.8, 4) is 0 Å². The van der Waals surface area contributed by atoms with Crippen molar-refractivity contribution in [3.63, 3.8) is 0 Å². The summed E-state index contributed by atoms with van der Waals surface area (Å²) in [6, 6.07) is 8.89. The number of likely N-dealkylation sites (tertiary alicyclic amines) is 1. The fourth-order valence-electron chi connectivity index (χ4n) is 3.16. The van der Waals surface area contributed by atoms with E-state index < -0.39 is 0 Å². The minimum Gasteiger partial charge on any atom is -0.352 e. The summed E-state index contributed by atoms with van der Waals surface area (Å²) in [5.74, 6) is -0.346. The number of carbonyl (C=O) groups excluding carboxylic acids is 2. The van der Waals surface area contributed by atoms with Crippen LogP contribution in [-0.2, 0) is 0 Å². The van der Waals surface area contributed by atoms with Gasteiger partial charge in [-0.25, -0.2) is 0 Å². The zero-order valence-electron chi connectivity index (χ0n) is 14.9. The fraction of sp³-hybridized carbons (Fsp3) is 0.400. The Morgan fingerprint density at radius 1 is 1.04 bits per heavy atom. The molecule has 0 unspecified atom stereocenters. The Hall–Kier alpha value is -2.18. The third kappa shape index (κ3) is 5.16. The van der Waals surface area contributed by atoms with Crippen LogP contribution in [0, 0.1) is 0 Å². The van der Waals surface area contributed by atoms with Gasteiger partial charge in [0.25, 0.3) is 11.8 Å². The van der Waals surface area contributed by atoms with Gasteiger partial charge in [-0.3, -0.25) is 9.59 Å². The molecule has 0 atom stereocenters. The monoisotopic (exact) mass is 371 g/mol. The van der Waals surface area contributed by atoms with Crippen LogP contribution in [0.2, 0.25) is 0 Å². The van der Waals surface area contributed by atoms with Gasteiger partial charge in [-0.1, -0.05) is 18.6 Å². The summed E-state index contributed by atoms with van der Waals surface area (Å²) in [7, 11) is 0. The van der Waals surface area contributed by atoms with E-state index in [1.54, 1.807) is 23.6 Å². The van der Waals surface area contributed by atoms with Crippen molar-refractivity contribution >= 4 is 28.8 Å². The first-order chi connectivity index (χ1) is 12.7. The third-order valence-corrected chi connectivity index (χ3v) is 5.27. The second-order valence-corrected chi connectivity index (χ2v) is 7.30. The number of piperidine rings is 1. The van der Waals surface area contributed by atoms with Crippen LogP contribution in [0.3, 0.4) is 0 Å². The van der Waals surface area contributed by atoms with E-state index in [0.717, 1.165) is 13.0 Å². The smallest absolute Gasteiger partial charge is 0.256 e. The SMILES string of the molecule is O=C(Nc1ccccc1C(=O)NCCCN1CCCCC1)c1ccsc1. The molecule has 138 valence electrons. The molecule has 0 aliphatic carbocycles. The van der Waals surface area contributed by atoms with Crippen molar-refractivity contribution < 1.29 is 9.59 Å². The normalized spacial score (nSPS) is 14.8. The van der Waals surface area contributed by atoms with Crippen molar-refractivity contribution in [3.05, 3.63) is 52.2 Å². The van der Waals surface area contributed by atoms with Gasteiger partial charge in [-0.2, -0.15) is 11.3 Å². The quantitative estimate of drug-likeness (QED) is 0.731. The van der Waals surface area contributed by atoms with Gasteiger partial charge in [0, 0.05) is 11.9 Å². The Labute approximate surface area is 158 Å². The van der Waals surface area contributed by atoms with Crippen LogP contribution in [0.15, 0.2) is 41.1 Å². The molecule has 1 fully saturated rings. The molecule has 1 aromatic heterocycles. The van der Waals surface area contributed by atoms with E-state index in [-0.39, 0.29) is 11.8 Å². The first-order valence-corrected chi connectivity index (χ1v) is 10.1. The lowest BCUT2D eigenvalue weighted by Gasteiger charge is -2.26. The molecule has 5 nitrogen and oxygen atoms in total. The molecule has 1 aliphatic heterocycles. The lowest BCUT2D eigenvalue weighted by Crippen LogP contribution is -2.33. The van der Waals surface area contributed by atoms with Gasteiger partial charge in [0.2, 0.25) is 0 Å². The van der Waals surface area contributed by atoms with Crippen molar-refractivity contribution in [2.24, 2.45) is 0 Å². The van der Waals surface area contributed by atoms with E-state index >= 15 is 0 Å². The van der Waals surface area contributed by atoms with Crippen LogP contribution in [-0.4, -0.2) is 42.9 Å². The molecule has 2 aromatic rings. The van der Waals surface area contributed by atoms with Crippen molar-refractivity contribution in [1.82, 2.24) is 10.2 Å². The lowest BCUT2D eigenvalue weighted by molar-refractivity contribution is 0.0952. The molecule has 0 spiro atoms. The fourth-order valence-corrected chi connectivity index (χ4v) is 3.80. The molecule has 3 rings (SSSR count). The molecular weight excluding hydrogens is 346 g/mol. The maximum absolute atomic E-state index is 12.5. The Morgan fingerprint density at radius 2 is 1.85 bits per heavy atom. The molecule has 0 radical (unpaired) electrons.